The van der Waals surface area contributed by atoms with E-state index in [9.17, 15) is 9.59 Å². The molecule has 0 spiro atoms. The number of amides is 3. The summed E-state index contributed by atoms with van der Waals surface area (Å²) in [4.78, 5) is 22.7. The van der Waals surface area contributed by atoms with Gasteiger partial charge in [0.2, 0.25) is 0 Å². The number of hydrogen-bond acceptors (Lipinski definition) is 3. The van der Waals surface area contributed by atoms with E-state index in [-0.39, 0.29) is 5.91 Å². The first-order chi connectivity index (χ1) is 9.06. The van der Waals surface area contributed by atoms with Crippen molar-refractivity contribution in [3.8, 4) is 0 Å². The highest BCUT2D eigenvalue weighted by Crippen LogP contribution is 2.17. The van der Waals surface area contributed by atoms with Crippen LogP contribution in [0.25, 0.3) is 0 Å². The van der Waals surface area contributed by atoms with Crippen molar-refractivity contribution in [2.45, 2.75) is 6.92 Å². The molecule has 6 heteroatoms. The number of primary amides is 1. The van der Waals surface area contributed by atoms with Crippen molar-refractivity contribution in [3.05, 3.63) is 47.9 Å². The number of carbonyl (C=O) groups excluding carboxylic acids is 2. The fourth-order valence-corrected chi connectivity index (χ4v) is 1.64. The van der Waals surface area contributed by atoms with Crippen molar-refractivity contribution in [2.24, 2.45) is 5.73 Å². The third kappa shape index (κ3) is 3.12. The molecule has 0 aliphatic rings. The van der Waals surface area contributed by atoms with Crippen molar-refractivity contribution >= 4 is 23.3 Å². The minimum atomic E-state index is -0.658. The Hall–Kier alpha value is -2.76. The van der Waals surface area contributed by atoms with E-state index in [0.717, 1.165) is 0 Å². The number of benzene rings is 1. The molecule has 2 rings (SSSR count). The summed E-state index contributed by atoms with van der Waals surface area (Å²) in [5, 5.41) is 5.14. The Balaban J connectivity index is 2.13. The van der Waals surface area contributed by atoms with Crippen molar-refractivity contribution in [3.63, 3.8) is 0 Å². The van der Waals surface area contributed by atoms with Gasteiger partial charge in [-0.2, -0.15) is 0 Å². The summed E-state index contributed by atoms with van der Waals surface area (Å²) >= 11 is 0. The van der Waals surface area contributed by atoms with Crippen molar-refractivity contribution in [2.75, 3.05) is 10.6 Å². The molecule has 2 aromatic rings. The van der Waals surface area contributed by atoms with Gasteiger partial charge in [-0.25, -0.2) is 4.79 Å². The number of anilines is 2. The molecule has 6 nitrogen and oxygen atoms in total. The topological polar surface area (TPSA) is 97.4 Å². The van der Waals surface area contributed by atoms with Crippen molar-refractivity contribution in [1.82, 2.24) is 0 Å². The highest BCUT2D eigenvalue weighted by molar-refractivity contribution is 6.05. The molecule has 1 aromatic carbocycles. The molecule has 0 aliphatic heterocycles. The van der Waals surface area contributed by atoms with Crippen LogP contribution in [0.15, 0.2) is 41.0 Å². The first-order valence-electron chi connectivity index (χ1n) is 5.58. The van der Waals surface area contributed by atoms with E-state index in [0.29, 0.717) is 22.7 Å². The molecule has 0 unspecified atom stereocenters. The molecule has 0 bridgehead atoms. The van der Waals surface area contributed by atoms with Gasteiger partial charge in [-0.1, -0.05) is 6.07 Å². The summed E-state index contributed by atoms with van der Waals surface area (Å²) in [5.74, 6) is 0.270. The van der Waals surface area contributed by atoms with E-state index in [1.807, 2.05) is 0 Å². The highest BCUT2D eigenvalue weighted by atomic mass is 16.3. The Morgan fingerprint density at radius 3 is 2.42 bits per heavy atom. The monoisotopic (exact) mass is 259 g/mol. The quantitative estimate of drug-likeness (QED) is 0.789. The molecular weight excluding hydrogens is 246 g/mol. The Bertz CT molecular complexity index is 619. The predicted molar refractivity (Wildman–Crippen MR) is 71.0 cm³/mol. The van der Waals surface area contributed by atoms with Gasteiger partial charge in [0.15, 0.2) is 0 Å². The summed E-state index contributed by atoms with van der Waals surface area (Å²) in [5.41, 5.74) is 6.55. The number of urea groups is 1. The number of rotatable bonds is 3. The van der Waals surface area contributed by atoms with E-state index < -0.39 is 6.03 Å². The third-order valence-corrected chi connectivity index (χ3v) is 2.49. The molecular formula is C13H13N3O3. The lowest BCUT2D eigenvalue weighted by atomic mass is 10.2. The smallest absolute Gasteiger partial charge is 0.316 e. The summed E-state index contributed by atoms with van der Waals surface area (Å²) in [6, 6.07) is 7.62. The molecule has 98 valence electrons. The standard InChI is InChI=1S/C13H13N3O3/c1-8-11(5-6-19-8)12(17)15-9-3-2-4-10(7-9)16-13(14)18/h2-7H,1H3,(H,15,17)(H3,14,16,18). The zero-order chi connectivity index (χ0) is 13.8. The molecule has 1 aromatic heterocycles. The first kappa shape index (κ1) is 12.7. The lowest BCUT2D eigenvalue weighted by molar-refractivity contribution is 0.102. The number of furan rings is 1. The second-order valence-electron chi connectivity index (χ2n) is 3.91. The minimum absolute atomic E-state index is 0.275. The van der Waals surface area contributed by atoms with E-state index >= 15 is 0 Å². The van der Waals surface area contributed by atoms with E-state index in [1.54, 1.807) is 37.3 Å². The fourth-order valence-electron chi connectivity index (χ4n) is 1.64. The van der Waals surface area contributed by atoms with E-state index in [4.69, 9.17) is 10.2 Å². The van der Waals surface area contributed by atoms with Gasteiger partial charge in [0.05, 0.1) is 11.8 Å². The number of hydrogen-bond donors (Lipinski definition) is 3. The Morgan fingerprint density at radius 2 is 1.84 bits per heavy atom. The minimum Gasteiger partial charge on any atom is -0.469 e. The molecule has 0 radical (unpaired) electrons. The molecule has 0 atom stereocenters. The zero-order valence-corrected chi connectivity index (χ0v) is 10.3. The second-order valence-corrected chi connectivity index (χ2v) is 3.91. The van der Waals surface area contributed by atoms with Crippen LogP contribution in [-0.2, 0) is 0 Å². The van der Waals surface area contributed by atoms with Gasteiger partial charge in [0.1, 0.15) is 5.76 Å². The van der Waals surface area contributed by atoms with Gasteiger partial charge >= 0.3 is 6.03 Å². The lowest BCUT2D eigenvalue weighted by Gasteiger charge is -2.07. The largest absolute Gasteiger partial charge is 0.469 e. The molecule has 19 heavy (non-hydrogen) atoms. The van der Waals surface area contributed by atoms with Gasteiger partial charge in [0.25, 0.3) is 5.91 Å². The summed E-state index contributed by atoms with van der Waals surface area (Å²) < 4.78 is 5.07. The molecule has 0 aliphatic carbocycles. The van der Waals surface area contributed by atoms with Crippen LogP contribution in [0.3, 0.4) is 0 Å². The van der Waals surface area contributed by atoms with Crippen LogP contribution in [0.2, 0.25) is 0 Å². The Morgan fingerprint density at radius 1 is 1.16 bits per heavy atom. The number of aryl methyl sites for hydroxylation is 1. The lowest BCUT2D eigenvalue weighted by Crippen LogP contribution is -2.19. The molecule has 0 saturated carbocycles. The molecule has 4 N–H and O–H groups in total. The van der Waals surface area contributed by atoms with Crippen LogP contribution in [-0.4, -0.2) is 11.9 Å². The van der Waals surface area contributed by atoms with Crippen LogP contribution in [0.4, 0.5) is 16.2 Å². The average molecular weight is 259 g/mol. The van der Waals surface area contributed by atoms with Gasteiger partial charge in [-0.15, -0.1) is 0 Å². The summed E-state index contributed by atoms with van der Waals surface area (Å²) in [7, 11) is 0. The van der Waals surface area contributed by atoms with Crippen LogP contribution in [0.1, 0.15) is 16.1 Å². The zero-order valence-electron chi connectivity index (χ0n) is 10.3. The van der Waals surface area contributed by atoms with Gasteiger partial charge in [-0.05, 0) is 31.2 Å². The fraction of sp³-hybridized carbons (Fsp3) is 0.0769. The summed E-state index contributed by atoms with van der Waals surface area (Å²) in [6.45, 7) is 1.71. The van der Waals surface area contributed by atoms with Crippen LogP contribution >= 0.6 is 0 Å². The molecule has 0 saturated heterocycles. The van der Waals surface area contributed by atoms with Gasteiger partial charge in [-0.3, -0.25) is 4.79 Å². The SMILES string of the molecule is Cc1occc1C(=O)Nc1cccc(NC(N)=O)c1. The number of nitrogens with two attached hydrogens (primary N) is 1. The normalized spacial score (nSPS) is 9.95. The van der Waals surface area contributed by atoms with Crippen LogP contribution in [0.5, 0.6) is 0 Å². The maximum absolute atomic E-state index is 11.9. The summed E-state index contributed by atoms with van der Waals surface area (Å²) in [6.07, 6.45) is 1.45. The molecule has 3 amide bonds. The van der Waals surface area contributed by atoms with E-state index in [2.05, 4.69) is 10.6 Å². The third-order valence-electron chi connectivity index (χ3n) is 2.49. The number of nitrogens with one attached hydrogen (secondary N) is 2. The van der Waals surface area contributed by atoms with Crippen molar-refractivity contribution < 1.29 is 14.0 Å². The first-order valence-corrected chi connectivity index (χ1v) is 5.58. The maximum Gasteiger partial charge on any atom is 0.316 e. The van der Waals surface area contributed by atoms with Gasteiger partial charge < -0.3 is 20.8 Å². The average Bonchev–Trinajstić information content (AvgIpc) is 2.75. The van der Waals surface area contributed by atoms with E-state index in [1.165, 1.54) is 6.26 Å². The Kier molecular flexibility index (Phi) is 3.51. The molecule has 1 heterocycles. The predicted octanol–water partition coefficient (Wildman–Crippen LogP) is 2.33. The molecule has 0 fully saturated rings. The Labute approximate surface area is 109 Å². The van der Waals surface area contributed by atoms with Gasteiger partial charge in [0, 0.05) is 11.4 Å². The van der Waals surface area contributed by atoms with Crippen LogP contribution in [0, 0.1) is 6.92 Å². The highest BCUT2D eigenvalue weighted by Gasteiger charge is 2.11. The van der Waals surface area contributed by atoms with Crippen molar-refractivity contribution in [1.29, 1.82) is 0 Å². The number of carbonyl (C=O) groups is 2. The maximum atomic E-state index is 11.9. The van der Waals surface area contributed by atoms with Crippen LogP contribution < -0.4 is 16.4 Å². The second kappa shape index (κ2) is 5.26.